The second kappa shape index (κ2) is 19.8. The van der Waals surface area contributed by atoms with Gasteiger partial charge in [-0.25, -0.2) is 0 Å². The van der Waals surface area contributed by atoms with Crippen LogP contribution in [0.2, 0.25) is 0 Å². The average Bonchev–Trinajstić information content (AvgIpc) is 2.77. The first-order chi connectivity index (χ1) is 13.6. The number of benzene rings is 3. The molecular weight excluding hydrogens is 383 g/mol. The molecule has 0 bridgehead atoms. The van der Waals surface area contributed by atoms with Crippen LogP contribution in [0.15, 0.2) is 104 Å². The van der Waals surface area contributed by atoms with E-state index in [1.807, 2.05) is 20.8 Å². The first kappa shape index (κ1) is 32.2. The summed E-state index contributed by atoms with van der Waals surface area (Å²) in [6.07, 6.45) is 2.50. The van der Waals surface area contributed by atoms with Crippen LogP contribution >= 0.6 is 7.26 Å². The van der Waals surface area contributed by atoms with Crippen LogP contribution in [0.5, 0.6) is 0 Å². The number of hydrogen-bond donors (Lipinski definition) is 0. The average molecular weight is 426 g/mol. The van der Waals surface area contributed by atoms with Gasteiger partial charge in [-0.1, -0.05) is 89.4 Å². The van der Waals surface area contributed by atoms with Crippen LogP contribution < -0.4 is 15.9 Å². The Hall–Kier alpha value is -2.50. The molecule has 0 N–H and O–H groups in total. The number of allylic oxidation sites excluding steroid dienone is 1. The topological polar surface area (TPSA) is 17.1 Å². The van der Waals surface area contributed by atoms with Gasteiger partial charge >= 0.3 is 0 Å². The lowest BCUT2D eigenvalue weighted by Gasteiger charge is -2.22. The van der Waals surface area contributed by atoms with Crippen LogP contribution in [0.25, 0.3) is 0 Å². The summed E-state index contributed by atoms with van der Waals surface area (Å²) < 4.78 is 0. The molecule has 1 nitrogen and oxygen atoms in total. The third-order valence-corrected chi connectivity index (χ3v) is 7.81. The molecular formula is C28H42OP+. The van der Waals surface area contributed by atoms with E-state index < -0.39 is 7.26 Å². The SMILES string of the molecule is C.C.C=CC.CC.CC=O.C[P+](c1ccccc1)(c1ccccc1)c1ccccc1. The first-order valence-electron chi connectivity index (χ1n) is 9.65. The van der Waals surface area contributed by atoms with Gasteiger partial charge in [0.1, 0.15) is 29.5 Å². The summed E-state index contributed by atoms with van der Waals surface area (Å²) in [7, 11) is -1.53. The Bertz CT molecular complexity index is 650. The summed E-state index contributed by atoms with van der Waals surface area (Å²) in [6, 6.07) is 32.6. The van der Waals surface area contributed by atoms with E-state index in [9.17, 15) is 0 Å². The third-order valence-electron chi connectivity index (χ3n) is 3.82. The van der Waals surface area contributed by atoms with Crippen molar-refractivity contribution in [1.29, 1.82) is 0 Å². The number of hydrogen-bond acceptors (Lipinski definition) is 1. The second-order valence-corrected chi connectivity index (χ2v) is 9.22. The molecule has 0 aliphatic carbocycles. The van der Waals surface area contributed by atoms with Crippen molar-refractivity contribution in [3.05, 3.63) is 104 Å². The minimum absolute atomic E-state index is 0. The smallest absolute Gasteiger partial charge is 0.116 e. The molecule has 3 aromatic rings. The van der Waals surface area contributed by atoms with Crippen LogP contribution in [0.4, 0.5) is 0 Å². The molecule has 0 spiro atoms. The molecule has 0 fully saturated rings. The Labute approximate surface area is 187 Å². The fraction of sp³-hybridized carbons (Fsp3) is 0.250. The molecule has 0 saturated heterocycles. The highest BCUT2D eigenvalue weighted by molar-refractivity contribution is 7.95. The first-order valence-corrected chi connectivity index (χ1v) is 11.9. The molecule has 0 heterocycles. The molecule has 30 heavy (non-hydrogen) atoms. The molecule has 0 amide bonds. The van der Waals surface area contributed by atoms with Crippen LogP contribution in [0.1, 0.15) is 42.5 Å². The van der Waals surface area contributed by atoms with Gasteiger partial charge in [0, 0.05) is 0 Å². The van der Waals surface area contributed by atoms with E-state index in [1.54, 1.807) is 6.08 Å². The Kier molecular flexibility index (Phi) is 21.2. The number of carbonyl (C=O) groups excluding carboxylic acids is 1. The predicted molar refractivity (Wildman–Crippen MR) is 143 cm³/mol. The van der Waals surface area contributed by atoms with Crippen molar-refractivity contribution in [2.24, 2.45) is 0 Å². The largest absolute Gasteiger partial charge is 0.304 e. The van der Waals surface area contributed by atoms with Crippen LogP contribution in [-0.2, 0) is 4.79 Å². The van der Waals surface area contributed by atoms with Gasteiger partial charge in [-0.05, 0) is 50.2 Å². The van der Waals surface area contributed by atoms with Gasteiger partial charge < -0.3 is 4.79 Å². The quantitative estimate of drug-likeness (QED) is 0.244. The summed E-state index contributed by atoms with van der Waals surface area (Å²) in [6.45, 7) is 13.1. The van der Waals surface area contributed by atoms with Gasteiger partial charge in [0.05, 0.1) is 6.66 Å². The van der Waals surface area contributed by atoms with E-state index in [1.165, 1.54) is 22.8 Å². The van der Waals surface area contributed by atoms with E-state index >= 15 is 0 Å². The monoisotopic (exact) mass is 425 g/mol. The van der Waals surface area contributed by atoms with Gasteiger partial charge in [-0.15, -0.1) is 6.58 Å². The van der Waals surface area contributed by atoms with Crippen molar-refractivity contribution >= 4 is 29.5 Å². The number of aldehydes is 1. The molecule has 0 aliphatic heterocycles. The number of rotatable bonds is 3. The summed E-state index contributed by atoms with van der Waals surface area (Å²) in [5, 5.41) is 4.28. The fourth-order valence-corrected chi connectivity index (χ4v) is 5.83. The van der Waals surface area contributed by atoms with Crippen molar-refractivity contribution in [1.82, 2.24) is 0 Å². The van der Waals surface area contributed by atoms with E-state index in [-0.39, 0.29) is 14.9 Å². The van der Waals surface area contributed by atoms with Crippen molar-refractivity contribution < 1.29 is 4.79 Å². The van der Waals surface area contributed by atoms with E-state index in [2.05, 4.69) is 104 Å². The molecule has 0 aliphatic rings. The van der Waals surface area contributed by atoms with Gasteiger partial charge in [0.2, 0.25) is 0 Å². The number of carbonyl (C=O) groups is 1. The summed E-state index contributed by atoms with van der Waals surface area (Å²) in [5.74, 6) is 0. The highest BCUT2D eigenvalue weighted by atomic mass is 31.2. The fourth-order valence-electron chi connectivity index (χ4n) is 2.63. The third kappa shape index (κ3) is 9.81. The summed E-state index contributed by atoms with van der Waals surface area (Å²) in [4.78, 5) is 8.81. The summed E-state index contributed by atoms with van der Waals surface area (Å²) >= 11 is 0. The van der Waals surface area contributed by atoms with Gasteiger partial charge in [-0.2, -0.15) is 0 Å². The van der Waals surface area contributed by atoms with Crippen LogP contribution in [0, 0.1) is 0 Å². The van der Waals surface area contributed by atoms with Crippen LogP contribution in [0.3, 0.4) is 0 Å². The van der Waals surface area contributed by atoms with Gasteiger partial charge in [-0.3, -0.25) is 0 Å². The van der Waals surface area contributed by atoms with Crippen LogP contribution in [-0.4, -0.2) is 13.0 Å². The van der Waals surface area contributed by atoms with E-state index in [0.29, 0.717) is 0 Å². The highest BCUT2D eigenvalue weighted by Gasteiger charge is 2.39. The highest BCUT2D eigenvalue weighted by Crippen LogP contribution is 2.51. The normalized spacial score (nSPS) is 8.57. The Balaban J connectivity index is -0.000000644. The zero-order chi connectivity index (χ0) is 21.3. The standard InChI is InChI=1S/C19H18P.C3H6.C2H4O.C2H6.2CH4/c1-20(17-11-5-2-6-12-17,18-13-7-3-8-14-18)19-15-9-4-10-16-19;1-3-2;1-2-3;1-2;;/h2-16H,1H3;3H,1H2,2H3;2H,1H3;1-2H3;2*1H4/q+1;;;;;. The molecule has 2 heteroatoms. The molecule has 0 atom stereocenters. The van der Waals surface area contributed by atoms with Crippen molar-refractivity contribution in [3.63, 3.8) is 0 Å². The Morgan fingerprint density at radius 3 is 0.967 bits per heavy atom. The minimum Gasteiger partial charge on any atom is -0.304 e. The van der Waals surface area contributed by atoms with Gasteiger partial charge in [0.15, 0.2) is 0 Å². The second-order valence-electron chi connectivity index (χ2n) is 5.66. The molecule has 0 saturated carbocycles. The molecule has 3 rings (SSSR count). The van der Waals surface area contributed by atoms with Crippen molar-refractivity contribution in [2.45, 2.75) is 42.5 Å². The molecule has 0 unspecified atom stereocenters. The van der Waals surface area contributed by atoms with Gasteiger partial charge in [0.25, 0.3) is 0 Å². The molecule has 164 valence electrons. The lowest BCUT2D eigenvalue weighted by atomic mass is 10.4. The zero-order valence-electron chi connectivity index (χ0n) is 17.9. The van der Waals surface area contributed by atoms with Crippen molar-refractivity contribution in [3.8, 4) is 0 Å². The maximum atomic E-state index is 8.81. The molecule has 3 aromatic carbocycles. The Morgan fingerprint density at radius 2 is 0.800 bits per heavy atom. The minimum atomic E-state index is -1.53. The lowest BCUT2D eigenvalue weighted by Crippen LogP contribution is -2.30. The maximum absolute atomic E-state index is 8.81. The Morgan fingerprint density at radius 1 is 0.633 bits per heavy atom. The lowest BCUT2D eigenvalue weighted by molar-refractivity contribution is -0.106. The maximum Gasteiger partial charge on any atom is 0.116 e. The van der Waals surface area contributed by atoms with E-state index in [0.717, 1.165) is 6.29 Å². The molecule has 0 radical (unpaired) electrons. The van der Waals surface area contributed by atoms with E-state index in [4.69, 9.17) is 4.79 Å². The predicted octanol–water partition coefficient (Wildman–Crippen LogP) is 7.31. The summed E-state index contributed by atoms with van der Waals surface area (Å²) in [5.41, 5.74) is 0. The molecule has 0 aromatic heterocycles. The van der Waals surface area contributed by atoms with Crippen molar-refractivity contribution in [2.75, 3.05) is 6.66 Å². The zero-order valence-corrected chi connectivity index (χ0v) is 18.8.